The van der Waals surface area contributed by atoms with Crippen LogP contribution in [0.3, 0.4) is 0 Å². The fourth-order valence-corrected chi connectivity index (χ4v) is 1.73. The molecule has 0 spiro atoms. The van der Waals surface area contributed by atoms with Crippen LogP contribution in [0.1, 0.15) is 0 Å². The Labute approximate surface area is 77.1 Å². The van der Waals surface area contributed by atoms with Crippen molar-refractivity contribution < 1.29 is 37.3 Å². The van der Waals surface area contributed by atoms with Crippen molar-refractivity contribution in [3.05, 3.63) is 0 Å². The molecule has 0 aromatic rings. The van der Waals surface area contributed by atoms with Gasteiger partial charge in [0.2, 0.25) is 0 Å². The molecule has 0 radical (unpaired) electrons. The van der Waals surface area contributed by atoms with Crippen LogP contribution < -0.4 is 10.6 Å². The third-order valence-electron chi connectivity index (χ3n) is 0.872. The van der Waals surface area contributed by atoms with Crippen LogP contribution in [0.4, 0.5) is 0 Å². The van der Waals surface area contributed by atoms with Crippen LogP contribution in [0.5, 0.6) is 0 Å². The van der Waals surface area contributed by atoms with Crippen LogP contribution in [0.15, 0.2) is 0 Å². The Hall–Kier alpha value is 0.905. The molecule has 0 bridgehead atoms. The van der Waals surface area contributed by atoms with Crippen molar-refractivity contribution >= 4 is 0 Å². The van der Waals surface area contributed by atoms with E-state index in [1.54, 1.807) is 0 Å². The molecule has 0 rings (SSSR count). The van der Waals surface area contributed by atoms with Gasteiger partial charge in [0.1, 0.15) is 0 Å². The van der Waals surface area contributed by atoms with E-state index < -0.39 is 29.0 Å². The van der Waals surface area contributed by atoms with Gasteiger partial charge in [0.15, 0.2) is 0 Å². The normalized spacial score (nSPS) is 11.5. The van der Waals surface area contributed by atoms with Crippen LogP contribution in [0, 0.1) is 0 Å². The van der Waals surface area contributed by atoms with Gasteiger partial charge in [-0.25, -0.2) is 0 Å². The van der Waals surface area contributed by atoms with Gasteiger partial charge in [0.05, 0.1) is 0 Å². The number of hydrogen-bond donors (Lipinski definition) is 4. The molecule has 0 saturated carbocycles. The quantitative estimate of drug-likeness (QED) is 0.362. The molecule has 4 nitrogen and oxygen atoms in total. The van der Waals surface area contributed by atoms with Crippen molar-refractivity contribution in [2.45, 2.75) is 11.6 Å². The van der Waals surface area contributed by atoms with Gasteiger partial charge in [-0.2, -0.15) is 0 Å². The topological polar surface area (TPSA) is 64.5 Å². The molecule has 0 saturated heterocycles. The minimum absolute atomic E-state index is 0.683. The Balaban J connectivity index is 2.91. The molecular formula is C5H16Cr2N2O2. The van der Waals surface area contributed by atoms with Crippen molar-refractivity contribution in [2.75, 3.05) is 17.5 Å². The summed E-state index contributed by atoms with van der Waals surface area (Å²) in [6.45, 7) is 0.683. The van der Waals surface area contributed by atoms with Gasteiger partial charge in [0, 0.05) is 0 Å². The van der Waals surface area contributed by atoms with E-state index in [2.05, 4.69) is 10.6 Å². The predicted octanol–water partition coefficient (Wildman–Crippen LogP) is -0.815. The summed E-state index contributed by atoms with van der Waals surface area (Å²) in [5.41, 5.74) is 0. The Bertz CT molecular complexity index is 82.6. The van der Waals surface area contributed by atoms with Crippen LogP contribution >= 0.6 is 0 Å². The fourth-order valence-electron chi connectivity index (χ4n) is 0.486. The average Bonchev–Trinajstić information content (AvgIpc) is 1.85. The summed E-state index contributed by atoms with van der Waals surface area (Å²) >= 11 is -2.66. The third-order valence-corrected chi connectivity index (χ3v) is 2.81. The Morgan fingerprint density at radius 1 is 1.00 bits per heavy atom. The molecule has 6 heteroatoms. The molecule has 70 valence electrons. The van der Waals surface area contributed by atoms with E-state index in [-0.39, 0.29) is 0 Å². The van der Waals surface area contributed by atoms with E-state index in [1.165, 1.54) is 0 Å². The molecule has 4 N–H and O–H groups in total. The van der Waals surface area contributed by atoms with Gasteiger partial charge in [-0.15, -0.1) is 0 Å². The molecule has 11 heavy (non-hydrogen) atoms. The van der Waals surface area contributed by atoms with Gasteiger partial charge >= 0.3 is 77.0 Å². The number of hydrogen-bond acceptors (Lipinski definition) is 4. The summed E-state index contributed by atoms with van der Waals surface area (Å²) in [7, 11) is 0. The molecule has 0 aliphatic rings. The van der Waals surface area contributed by atoms with E-state index in [0.717, 1.165) is 0 Å². The molecule has 0 aliphatic carbocycles. The zero-order valence-corrected chi connectivity index (χ0v) is 9.38. The summed E-state index contributed by atoms with van der Waals surface area (Å²) < 4.78 is 17.9. The van der Waals surface area contributed by atoms with E-state index in [9.17, 15) is 0 Å². The summed E-state index contributed by atoms with van der Waals surface area (Å²) in [4.78, 5) is 0. The molecule has 0 aromatic heterocycles. The summed E-state index contributed by atoms with van der Waals surface area (Å²) in [5.74, 6) is 3.71. The Kier molecular flexibility index (Phi) is 8.17. The Morgan fingerprint density at radius 3 is 1.64 bits per heavy atom. The average molecular weight is 240 g/mol. The zero-order chi connectivity index (χ0) is 8.69. The van der Waals surface area contributed by atoms with Crippen molar-refractivity contribution in [1.29, 1.82) is 0 Å². The van der Waals surface area contributed by atoms with Gasteiger partial charge in [0.25, 0.3) is 0 Å². The van der Waals surface area contributed by atoms with Crippen molar-refractivity contribution in [3.8, 4) is 0 Å². The maximum absolute atomic E-state index is 8.95. The standard InChI is InChI=1S/C3H8N2.2CH3.2Cr.2H2O/c1-4-3-5-2;;;;;;/h4-5H,1-3H2;2*1H3;;;2*1H2/q;;;2*+1;;/p-2. The Morgan fingerprint density at radius 2 is 1.36 bits per heavy atom. The van der Waals surface area contributed by atoms with Gasteiger partial charge < -0.3 is 0 Å². The summed E-state index contributed by atoms with van der Waals surface area (Å²) in [6.07, 6.45) is 0. The summed E-state index contributed by atoms with van der Waals surface area (Å²) in [5, 5.41) is 7.52. The first kappa shape index (κ1) is 11.9. The van der Waals surface area contributed by atoms with E-state index in [0.29, 0.717) is 17.5 Å². The van der Waals surface area contributed by atoms with Gasteiger partial charge in [-0.05, 0) is 0 Å². The predicted molar refractivity (Wildman–Crippen MR) is 37.0 cm³/mol. The monoisotopic (exact) mass is 240 g/mol. The van der Waals surface area contributed by atoms with E-state index >= 15 is 0 Å². The van der Waals surface area contributed by atoms with E-state index in [4.69, 9.17) is 8.32 Å². The number of nitrogens with one attached hydrogen (secondary N) is 2. The molecule has 0 amide bonds. The van der Waals surface area contributed by atoms with E-state index in [1.807, 2.05) is 11.6 Å². The van der Waals surface area contributed by atoms with Crippen molar-refractivity contribution in [3.63, 3.8) is 0 Å². The van der Waals surface area contributed by atoms with Gasteiger partial charge in [-0.1, -0.05) is 0 Å². The molecule has 0 fully saturated rings. The van der Waals surface area contributed by atoms with Crippen molar-refractivity contribution in [1.82, 2.24) is 10.6 Å². The first-order valence-electron chi connectivity index (χ1n) is 3.17. The zero-order valence-electron chi connectivity index (χ0n) is 6.83. The van der Waals surface area contributed by atoms with Crippen LogP contribution in [0.25, 0.3) is 0 Å². The minimum atomic E-state index is -1.33. The van der Waals surface area contributed by atoms with Crippen molar-refractivity contribution in [2.24, 2.45) is 0 Å². The molecular weight excluding hydrogens is 224 g/mol. The first-order chi connectivity index (χ1) is 5.13. The summed E-state index contributed by atoms with van der Waals surface area (Å²) in [6, 6.07) is 0. The number of rotatable bonds is 6. The first-order valence-corrected chi connectivity index (χ1v) is 8.67. The third kappa shape index (κ3) is 10.9. The van der Waals surface area contributed by atoms with Crippen LogP contribution in [0.2, 0.25) is 11.6 Å². The second-order valence-corrected chi connectivity index (χ2v) is 6.82. The van der Waals surface area contributed by atoms with Crippen LogP contribution in [-0.2, 0) is 29.0 Å². The maximum atomic E-state index is 8.95. The fraction of sp³-hybridized carbons (Fsp3) is 1.00. The van der Waals surface area contributed by atoms with Gasteiger partial charge in [-0.3, -0.25) is 0 Å². The molecule has 0 unspecified atom stereocenters. The second kappa shape index (κ2) is 7.55. The second-order valence-electron chi connectivity index (χ2n) is 2.17. The molecule has 0 aromatic carbocycles. The molecule has 0 aliphatic heterocycles. The van der Waals surface area contributed by atoms with Crippen LogP contribution in [-0.4, -0.2) is 25.8 Å². The molecule has 0 atom stereocenters. The molecule has 0 heterocycles. The SMILES string of the molecule is [CH3][Cr]([OH])[CH2]NCN[CH2][Cr]([CH3])[OH].